The number of Topliss-reactive ketones (excluding diaryl/α,β-unsaturated/α-hetero) is 1. The first-order chi connectivity index (χ1) is 6.41. The van der Waals surface area contributed by atoms with Crippen molar-refractivity contribution in [3.8, 4) is 0 Å². The molecule has 0 heterocycles. The molecular formula is C8H17NO5. The summed E-state index contributed by atoms with van der Waals surface area (Å²) in [6.45, 7) is 1.31. The zero-order chi connectivity index (χ0) is 11.3. The van der Waals surface area contributed by atoms with Gasteiger partial charge in [-0.3, -0.25) is 4.79 Å². The molecule has 0 aromatic carbocycles. The Morgan fingerprint density at radius 2 is 1.71 bits per heavy atom. The van der Waals surface area contributed by atoms with Crippen molar-refractivity contribution in [2.24, 2.45) is 5.73 Å². The van der Waals surface area contributed by atoms with Gasteiger partial charge in [-0.2, -0.15) is 0 Å². The molecule has 0 bridgehead atoms. The molecule has 0 saturated heterocycles. The lowest BCUT2D eigenvalue weighted by Gasteiger charge is -2.23. The smallest absolute Gasteiger partial charge is 0.165 e. The van der Waals surface area contributed by atoms with E-state index in [0.29, 0.717) is 0 Å². The summed E-state index contributed by atoms with van der Waals surface area (Å²) in [6, 6.07) is 0. The Kier molecular flexibility index (Phi) is 5.82. The Morgan fingerprint density at radius 1 is 1.21 bits per heavy atom. The average molecular weight is 207 g/mol. The topological polar surface area (TPSA) is 124 Å². The van der Waals surface area contributed by atoms with Crippen LogP contribution in [-0.2, 0) is 4.79 Å². The molecule has 0 aromatic heterocycles. The summed E-state index contributed by atoms with van der Waals surface area (Å²) < 4.78 is 0. The summed E-state index contributed by atoms with van der Waals surface area (Å²) >= 11 is 0. The van der Waals surface area contributed by atoms with Crippen LogP contribution in [0.3, 0.4) is 0 Å². The molecule has 6 heteroatoms. The van der Waals surface area contributed by atoms with Gasteiger partial charge >= 0.3 is 0 Å². The Labute approximate surface area is 82.0 Å². The molecule has 6 N–H and O–H groups in total. The van der Waals surface area contributed by atoms with Crippen LogP contribution < -0.4 is 5.73 Å². The first-order valence-corrected chi connectivity index (χ1v) is 4.36. The van der Waals surface area contributed by atoms with E-state index in [0.717, 1.165) is 0 Å². The van der Waals surface area contributed by atoms with E-state index in [9.17, 15) is 15.0 Å². The Balaban J connectivity index is 4.23. The molecule has 0 unspecified atom stereocenters. The molecule has 0 spiro atoms. The lowest BCUT2D eigenvalue weighted by atomic mass is 9.99. The van der Waals surface area contributed by atoms with Crippen molar-refractivity contribution in [1.82, 2.24) is 0 Å². The number of hydrogen-bond acceptors (Lipinski definition) is 6. The van der Waals surface area contributed by atoms with Gasteiger partial charge in [0.25, 0.3) is 0 Å². The van der Waals surface area contributed by atoms with Gasteiger partial charge in [-0.1, -0.05) is 0 Å². The van der Waals surface area contributed by atoms with Gasteiger partial charge in [0.2, 0.25) is 0 Å². The predicted molar refractivity (Wildman–Crippen MR) is 48.4 cm³/mol. The fourth-order valence-electron chi connectivity index (χ4n) is 0.953. The SMILES string of the molecule is C[C@H](O)[C@H](O)[C@@H](O)[C@@H](O)C(=O)CCN. The van der Waals surface area contributed by atoms with Crippen molar-refractivity contribution in [3.63, 3.8) is 0 Å². The first kappa shape index (κ1) is 13.5. The molecule has 0 aromatic rings. The number of rotatable bonds is 6. The van der Waals surface area contributed by atoms with Crippen molar-refractivity contribution in [1.29, 1.82) is 0 Å². The molecule has 84 valence electrons. The van der Waals surface area contributed by atoms with E-state index in [1.165, 1.54) is 6.92 Å². The minimum atomic E-state index is -1.71. The molecule has 0 rings (SSSR count). The van der Waals surface area contributed by atoms with E-state index < -0.39 is 30.2 Å². The van der Waals surface area contributed by atoms with Crippen LogP contribution in [0.4, 0.5) is 0 Å². The van der Waals surface area contributed by atoms with Gasteiger partial charge in [-0.05, 0) is 13.5 Å². The molecule has 0 radical (unpaired) electrons. The van der Waals surface area contributed by atoms with E-state index in [-0.39, 0.29) is 13.0 Å². The summed E-state index contributed by atoms with van der Waals surface area (Å²) in [5.74, 6) is -0.653. The van der Waals surface area contributed by atoms with Gasteiger partial charge in [0.05, 0.1) is 6.10 Å². The van der Waals surface area contributed by atoms with Crippen LogP contribution >= 0.6 is 0 Å². The third kappa shape index (κ3) is 3.69. The lowest BCUT2D eigenvalue weighted by Crippen LogP contribution is -2.47. The molecule has 0 amide bonds. The minimum Gasteiger partial charge on any atom is -0.391 e. The quantitative estimate of drug-likeness (QED) is 0.324. The van der Waals surface area contributed by atoms with Crippen molar-refractivity contribution < 1.29 is 25.2 Å². The van der Waals surface area contributed by atoms with Crippen molar-refractivity contribution >= 4 is 5.78 Å². The maximum absolute atomic E-state index is 11.0. The van der Waals surface area contributed by atoms with E-state index in [4.69, 9.17) is 15.9 Å². The normalized spacial score (nSPS) is 19.9. The maximum atomic E-state index is 11.0. The summed E-state index contributed by atoms with van der Waals surface area (Å²) in [6.07, 6.45) is -6.24. The number of carbonyl (C=O) groups is 1. The highest BCUT2D eigenvalue weighted by atomic mass is 16.4. The van der Waals surface area contributed by atoms with Gasteiger partial charge in [-0.15, -0.1) is 0 Å². The summed E-state index contributed by atoms with van der Waals surface area (Å²) in [5, 5.41) is 36.5. The second kappa shape index (κ2) is 6.05. The van der Waals surface area contributed by atoms with E-state index in [2.05, 4.69) is 0 Å². The van der Waals surface area contributed by atoms with Crippen molar-refractivity contribution in [3.05, 3.63) is 0 Å². The lowest BCUT2D eigenvalue weighted by molar-refractivity contribution is -0.143. The summed E-state index contributed by atoms with van der Waals surface area (Å²) in [7, 11) is 0. The molecule has 4 atom stereocenters. The third-order valence-corrected chi connectivity index (χ3v) is 1.89. The van der Waals surface area contributed by atoms with Crippen LogP contribution in [0.5, 0.6) is 0 Å². The molecule has 0 aliphatic rings. The van der Waals surface area contributed by atoms with E-state index in [1.807, 2.05) is 0 Å². The van der Waals surface area contributed by atoms with Crippen LogP contribution in [0.15, 0.2) is 0 Å². The van der Waals surface area contributed by atoms with Gasteiger partial charge in [-0.25, -0.2) is 0 Å². The number of aliphatic hydroxyl groups excluding tert-OH is 4. The largest absolute Gasteiger partial charge is 0.391 e. The number of ketones is 1. The molecule has 14 heavy (non-hydrogen) atoms. The first-order valence-electron chi connectivity index (χ1n) is 4.36. The van der Waals surface area contributed by atoms with Gasteiger partial charge < -0.3 is 26.2 Å². The fourth-order valence-corrected chi connectivity index (χ4v) is 0.953. The van der Waals surface area contributed by atoms with Gasteiger partial charge in [0, 0.05) is 6.42 Å². The Bertz CT molecular complexity index is 185. The third-order valence-electron chi connectivity index (χ3n) is 1.89. The van der Waals surface area contributed by atoms with Crippen LogP contribution in [0.1, 0.15) is 13.3 Å². The number of hydrogen-bond donors (Lipinski definition) is 5. The second-order valence-corrected chi connectivity index (χ2v) is 3.17. The summed E-state index contributed by atoms with van der Waals surface area (Å²) in [4.78, 5) is 11.0. The van der Waals surface area contributed by atoms with Crippen molar-refractivity contribution in [2.45, 2.75) is 37.8 Å². The van der Waals surface area contributed by atoms with E-state index >= 15 is 0 Å². The predicted octanol–water partition coefficient (Wildman–Crippen LogP) is -2.63. The van der Waals surface area contributed by atoms with Crippen molar-refractivity contribution in [2.75, 3.05) is 6.54 Å². The second-order valence-electron chi connectivity index (χ2n) is 3.17. The number of aliphatic hydroxyl groups is 4. The van der Waals surface area contributed by atoms with Crippen LogP contribution in [0.25, 0.3) is 0 Å². The minimum absolute atomic E-state index is 0.0629. The molecule has 0 saturated carbocycles. The van der Waals surface area contributed by atoms with Crippen LogP contribution in [0.2, 0.25) is 0 Å². The van der Waals surface area contributed by atoms with Crippen LogP contribution in [-0.4, -0.2) is 57.2 Å². The molecule has 0 aliphatic heterocycles. The highest BCUT2D eigenvalue weighted by molar-refractivity contribution is 5.83. The van der Waals surface area contributed by atoms with E-state index in [1.54, 1.807) is 0 Å². The Hall–Kier alpha value is -0.530. The number of nitrogens with two attached hydrogens (primary N) is 1. The average Bonchev–Trinajstić information content (AvgIpc) is 2.14. The van der Waals surface area contributed by atoms with Gasteiger partial charge in [0.1, 0.15) is 18.3 Å². The number of carbonyl (C=O) groups excluding carboxylic acids is 1. The monoisotopic (exact) mass is 207 g/mol. The fraction of sp³-hybridized carbons (Fsp3) is 0.875. The molecule has 0 fully saturated rings. The molecule has 6 nitrogen and oxygen atoms in total. The Morgan fingerprint density at radius 3 is 2.07 bits per heavy atom. The zero-order valence-electron chi connectivity index (χ0n) is 8.00. The summed E-state index contributed by atoms with van der Waals surface area (Å²) in [5.41, 5.74) is 5.08. The molecule has 0 aliphatic carbocycles. The highest BCUT2D eigenvalue weighted by Gasteiger charge is 2.31. The maximum Gasteiger partial charge on any atom is 0.165 e. The zero-order valence-corrected chi connectivity index (χ0v) is 8.00. The molecular weight excluding hydrogens is 190 g/mol. The standard InChI is InChI=1S/C8H17NO5/c1-4(10)6(12)8(14)7(13)5(11)2-3-9/h4,6-8,10,12-14H,2-3,9H2,1H3/t4-,6-,7-,8+/m0/s1. The van der Waals surface area contributed by atoms with Crippen LogP contribution in [0, 0.1) is 0 Å². The highest BCUT2D eigenvalue weighted by Crippen LogP contribution is 2.06. The van der Waals surface area contributed by atoms with Gasteiger partial charge in [0.15, 0.2) is 5.78 Å².